The Hall–Kier alpha value is -0.0400. The van der Waals surface area contributed by atoms with Crippen molar-refractivity contribution < 1.29 is 0 Å². The summed E-state index contributed by atoms with van der Waals surface area (Å²) in [7, 11) is 0. The van der Waals surface area contributed by atoms with Gasteiger partial charge >= 0.3 is 0 Å². The molecule has 0 saturated carbocycles. The first-order valence-electron chi connectivity index (χ1n) is 8.66. The summed E-state index contributed by atoms with van der Waals surface area (Å²) in [6.45, 7) is 6.41. The summed E-state index contributed by atoms with van der Waals surface area (Å²) >= 11 is 0. The maximum atomic E-state index is 2.67. The van der Waals surface area contributed by atoms with E-state index in [1.165, 1.54) is 103 Å². The summed E-state index contributed by atoms with van der Waals surface area (Å²) in [6.07, 6.45) is 18.9. The number of nitrogens with zero attached hydrogens (tertiary/aromatic N) is 1. The molecule has 1 heteroatoms. The molecule has 0 unspecified atom stereocenters. The van der Waals surface area contributed by atoms with Crippen molar-refractivity contribution >= 4 is 0 Å². The van der Waals surface area contributed by atoms with Gasteiger partial charge in [0.2, 0.25) is 0 Å². The number of rotatable bonds is 11. The highest BCUT2D eigenvalue weighted by Gasteiger charge is 2.08. The van der Waals surface area contributed by atoms with Gasteiger partial charge in [-0.2, -0.15) is 0 Å². The van der Waals surface area contributed by atoms with Gasteiger partial charge in [-0.3, -0.25) is 0 Å². The fourth-order valence-electron chi connectivity index (χ4n) is 3.01. The lowest BCUT2D eigenvalue weighted by Crippen LogP contribution is -2.30. The fraction of sp³-hybridized carbons (Fsp3) is 1.00. The summed E-state index contributed by atoms with van der Waals surface area (Å²) < 4.78 is 0. The highest BCUT2D eigenvalue weighted by Crippen LogP contribution is 2.12. The van der Waals surface area contributed by atoms with Crippen LogP contribution in [0.4, 0.5) is 0 Å². The Morgan fingerprint density at radius 2 is 1.11 bits per heavy atom. The minimum absolute atomic E-state index is 1.37. The molecule has 0 spiro atoms. The molecule has 1 aliphatic rings. The quantitative estimate of drug-likeness (QED) is 0.446. The number of hydrogen-bond acceptors (Lipinski definition) is 1. The van der Waals surface area contributed by atoms with E-state index in [1.54, 1.807) is 0 Å². The molecule has 1 nitrogen and oxygen atoms in total. The second kappa shape index (κ2) is 12.0. The number of unbranched alkanes of at least 4 members (excludes halogenated alkanes) is 9. The zero-order chi connectivity index (χ0) is 12.9. The molecule has 1 heterocycles. The monoisotopic (exact) mass is 253 g/mol. The summed E-state index contributed by atoms with van der Waals surface area (Å²) in [5, 5.41) is 0. The molecule has 0 bridgehead atoms. The molecule has 0 N–H and O–H groups in total. The van der Waals surface area contributed by atoms with Gasteiger partial charge in [0.1, 0.15) is 0 Å². The zero-order valence-corrected chi connectivity index (χ0v) is 12.8. The Morgan fingerprint density at radius 1 is 0.611 bits per heavy atom. The SMILES string of the molecule is CCCCCCCCCCCCN1CCCCC1. The van der Waals surface area contributed by atoms with E-state index in [1.807, 2.05) is 0 Å². The van der Waals surface area contributed by atoms with Gasteiger partial charge in [0.15, 0.2) is 0 Å². The van der Waals surface area contributed by atoms with E-state index >= 15 is 0 Å². The number of piperidine rings is 1. The molecular formula is C17H35N. The van der Waals surface area contributed by atoms with Crippen LogP contribution in [0.25, 0.3) is 0 Å². The van der Waals surface area contributed by atoms with Crippen LogP contribution in [0.2, 0.25) is 0 Å². The van der Waals surface area contributed by atoms with Crippen molar-refractivity contribution in [3.8, 4) is 0 Å². The summed E-state index contributed by atoms with van der Waals surface area (Å²) in [6, 6.07) is 0. The van der Waals surface area contributed by atoms with Crippen LogP contribution in [0.15, 0.2) is 0 Å². The number of likely N-dealkylation sites (tertiary alicyclic amines) is 1. The second-order valence-corrected chi connectivity index (χ2v) is 6.08. The summed E-state index contributed by atoms with van der Waals surface area (Å²) in [5.41, 5.74) is 0. The van der Waals surface area contributed by atoms with Gasteiger partial charge in [-0.05, 0) is 38.9 Å². The lowest BCUT2D eigenvalue weighted by atomic mass is 10.1. The molecule has 0 aromatic rings. The van der Waals surface area contributed by atoms with Gasteiger partial charge in [0, 0.05) is 0 Å². The van der Waals surface area contributed by atoms with Crippen LogP contribution in [-0.2, 0) is 0 Å². The van der Waals surface area contributed by atoms with Crippen molar-refractivity contribution in [2.75, 3.05) is 19.6 Å². The summed E-state index contributed by atoms with van der Waals surface area (Å²) in [4.78, 5) is 2.67. The van der Waals surface area contributed by atoms with Crippen molar-refractivity contribution in [2.24, 2.45) is 0 Å². The van der Waals surface area contributed by atoms with Crippen molar-refractivity contribution in [2.45, 2.75) is 90.4 Å². The van der Waals surface area contributed by atoms with E-state index in [-0.39, 0.29) is 0 Å². The third kappa shape index (κ3) is 8.97. The third-order valence-corrected chi connectivity index (χ3v) is 4.28. The lowest BCUT2D eigenvalue weighted by Gasteiger charge is -2.26. The van der Waals surface area contributed by atoms with Gasteiger partial charge in [0.25, 0.3) is 0 Å². The molecule has 0 aromatic carbocycles. The molecule has 0 aliphatic carbocycles. The molecule has 108 valence electrons. The van der Waals surface area contributed by atoms with Crippen LogP contribution >= 0.6 is 0 Å². The van der Waals surface area contributed by atoms with E-state index in [2.05, 4.69) is 11.8 Å². The van der Waals surface area contributed by atoms with E-state index in [9.17, 15) is 0 Å². The van der Waals surface area contributed by atoms with Gasteiger partial charge in [-0.1, -0.05) is 71.1 Å². The highest BCUT2D eigenvalue weighted by molar-refractivity contribution is 4.64. The number of hydrogen-bond donors (Lipinski definition) is 0. The average Bonchev–Trinajstić information content (AvgIpc) is 2.42. The predicted octanol–water partition coefficient (Wildman–Crippen LogP) is 5.39. The molecule has 1 aliphatic heterocycles. The first-order valence-corrected chi connectivity index (χ1v) is 8.66. The predicted molar refractivity (Wildman–Crippen MR) is 82.1 cm³/mol. The second-order valence-electron chi connectivity index (χ2n) is 6.08. The van der Waals surface area contributed by atoms with Crippen molar-refractivity contribution in [1.82, 2.24) is 4.90 Å². The van der Waals surface area contributed by atoms with Crippen LogP contribution < -0.4 is 0 Å². The normalized spacial score (nSPS) is 17.2. The molecule has 0 aromatic heterocycles. The van der Waals surface area contributed by atoms with E-state index in [4.69, 9.17) is 0 Å². The van der Waals surface area contributed by atoms with Gasteiger partial charge in [-0.15, -0.1) is 0 Å². The summed E-state index contributed by atoms with van der Waals surface area (Å²) in [5.74, 6) is 0. The van der Waals surface area contributed by atoms with E-state index in [0.29, 0.717) is 0 Å². The van der Waals surface area contributed by atoms with E-state index in [0.717, 1.165) is 0 Å². The smallest absolute Gasteiger partial charge is 0.00187 e. The van der Waals surface area contributed by atoms with Crippen molar-refractivity contribution in [3.05, 3.63) is 0 Å². The van der Waals surface area contributed by atoms with Gasteiger partial charge in [0.05, 0.1) is 0 Å². The highest BCUT2D eigenvalue weighted by atomic mass is 15.1. The maximum absolute atomic E-state index is 2.67. The molecule has 18 heavy (non-hydrogen) atoms. The Balaban J connectivity index is 1.73. The van der Waals surface area contributed by atoms with Crippen LogP contribution in [0, 0.1) is 0 Å². The molecule has 1 rings (SSSR count). The topological polar surface area (TPSA) is 3.24 Å². The van der Waals surface area contributed by atoms with Gasteiger partial charge in [-0.25, -0.2) is 0 Å². The fourth-order valence-corrected chi connectivity index (χ4v) is 3.01. The molecule has 0 atom stereocenters. The van der Waals surface area contributed by atoms with Crippen LogP contribution in [0.3, 0.4) is 0 Å². The average molecular weight is 253 g/mol. The Kier molecular flexibility index (Phi) is 10.7. The molecule has 0 radical (unpaired) electrons. The minimum atomic E-state index is 1.37. The van der Waals surface area contributed by atoms with Crippen LogP contribution in [0.1, 0.15) is 90.4 Å². The molecule has 0 amide bonds. The first kappa shape index (κ1) is 16.0. The molecular weight excluding hydrogens is 218 g/mol. The Bertz CT molecular complexity index is 161. The Labute approximate surface area is 115 Å². The van der Waals surface area contributed by atoms with Crippen LogP contribution in [0.5, 0.6) is 0 Å². The van der Waals surface area contributed by atoms with Crippen molar-refractivity contribution in [3.63, 3.8) is 0 Å². The standard InChI is InChI=1S/C17H35N/c1-2-3-4-5-6-7-8-9-10-12-15-18-16-13-11-14-17-18/h2-17H2,1H3. The first-order chi connectivity index (χ1) is 8.93. The maximum Gasteiger partial charge on any atom is -0.00187 e. The largest absolute Gasteiger partial charge is 0.303 e. The Morgan fingerprint density at radius 3 is 1.67 bits per heavy atom. The zero-order valence-electron chi connectivity index (χ0n) is 12.8. The van der Waals surface area contributed by atoms with Crippen molar-refractivity contribution in [1.29, 1.82) is 0 Å². The van der Waals surface area contributed by atoms with E-state index < -0.39 is 0 Å². The molecule has 1 saturated heterocycles. The lowest BCUT2D eigenvalue weighted by molar-refractivity contribution is 0.224. The van der Waals surface area contributed by atoms with Crippen LogP contribution in [-0.4, -0.2) is 24.5 Å². The molecule has 1 fully saturated rings. The third-order valence-electron chi connectivity index (χ3n) is 4.28. The minimum Gasteiger partial charge on any atom is -0.303 e. The van der Waals surface area contributed by atoms with Gasteiger partial charge < -0.3 is 4.90 Å².